The molecule has 2 amide bonds. The number of carboxylic acids is 1. The molecule has 3 rings (SSSR count). The molecule has 1 aromatic carbocycles. The molecule has 1 aliphatic carbocycles. The minimum Gasteiger partial charge on any atom is -0.480 e. The molecule has 2 N–H and O–H groups in total. The molecule has 1 fully saturated rings. The molecule has 26 heavy (non-hydrogen) atoms. The maximum Gasteiger partial charge on any atom is 0.317 e. The largest absolute Gasteiger partial charge is 0.480 e. The quantitative estimate of drug-likeness (QED) is 0.843. The summed E-state index contributed by atoms with van der Waals surface area (Å²) in [5, 5.41) is 12.9. The number of halogens is 1. The smallest absolute Gasteiger partial charge is 0.317 e. The number of carboxylic acid groups (broad SMARTS) is 1. The second-order valence-corrected chi connectivity index (χ2v) is 7.64. The summed E-state index contributed by atoms with van der Waals surface area (Å²) in [5.74, 6) is -0.815. The number of carbonyl (C=O) groups excluding carboxylic acids is 1. The lowest BCUT2D eigenvalue weighted by atomic mass is 10.1. The van der Waals surface area contributed by atoms with Crippen LogP contribution in [0.15, 0.2) is 18.2 Å². The van der Waals surface area contributed by atoms with Gasteiger partial charge in [0.25, 0.3) is 0 Å². The van der Waals surface area contributed by atoms with Gasteiger partial charge in [-0.05, 0) is 56.3 Å². The van der Waals surface area contributed by atoms with Gasteiger partial charge in [0.2, 0.25) is 0 Å². The van der Waals surface area contributed by atoms with Crippen molar-refractivity contribution in [3.63, 3.8) is 0 Å². The topological polar surface area (TPSA) is 72.9 Å². The van der Waals surface area contributed by atoms with Gasteiger partial charge in [0.05, 0.1) is 12.6 Å². The van der Waals surface area contributed by atoms with Crippen LogP contribution in [0.1, 0.15) is 42.9 Å². The lowest BCUT2D eigenvalue weighted by Gasteiger charge is -2.26. The van der Waals surface area contributed by atoms with Gasteiger partial charge in [0, 0.05) is 24.2 Å². The van der Waals surface area contributed by atoms with Crippen molar-refractivity contribution in [3.8, 4) is 0 Å². The minimum atomic E-state index is -0.815. The molecule has 0 bridgehead atoms. The fourth-order valence-corrected chi connectivity index (χ4v) is 4.34. The number of nitrogens with one attached hydrogen (secondary N) is 1. The van der Waals surface area contributed by atoms with E-state index in [0.717, 1.165) is 48.3 Å². The predicted molar refractivity (Wildman–Crippen MR) is 101 cm³/mol. The lowest BCUT2D eigenvalue weighted by molar-refractivity contribution is -0.138. The van der Waals surface area contributed by atoms with E-state index in [-0.39, 0.29) is 24.7 Å². The average Bonchev–Trinajstić information content (AvgIpc) is 2.84. The van der Waals surface area contributed by atoms with E-state index in [1.807, 2.05) is 35.0 Å². The predicted octanol–water partition coefficient (Wildman–Crippen LogP) is 2.91. The molecule has 1 heterocycles. The van der Waals surface area contributed by atoms with Gasteiger partial charge in [0.1, 0.15) is 0 Å². The first-order chi connectivity index (χ1) is 12.5. The summed E-state index contributed by atoms with van der Waals surface area (Å²) in [5.41, 5.74) is 2.27. The van der Waals surface area contributed by atoms with Crippen LogP contribution in [0.2, 0.25) is 5.02 Å². The van der Waals surface area contributed by atoms with E-state index in [1.54, 1.807) is 0 Å². The van der Waals surface area contributed by atoms with E-state index in [0.29, 0.717) is 13.1 Å². The van der Waals surface area contributed by atoms with Crippen molar-refractivity contribution in [2.45, 2.75) is 44.2 Å². The van der Waals surface area contributed by atoms with Crippen LogP contribution in [0, 0.1) is 0 Å². The van der Waals surface area contributed by atoms with Crippen LogP contribution >= 0.6 is 11.6 Å². The van der Waals surface area contributed by atoms with Crippen LogP contribution in [-0.2, 0) is 11.2 Å². The molecule has 6 nitrogen and oxygen atoms in total. The van der Waals surface area contributed by atoms with E-state index >= 15 is 0 Å². The van der Waals surface area contributed by atoms with Gasteiger partial charge in [-0.2, -0.15) is 0 Å². The molecule has 1 saturated heterocycles. The number of nitrogens with zero attached hydrogens (tertiary/aromatic N) is 2. The van der Waals surface area contributed by atoms with Crippen molar-refractivity contribution in [3.05, 3.63) is 34.3 Å². The van der Waals surface area contributed by atoms with E-state index < -0.39 is 5.97 Å². The number of amides is 2. The first kappa shape index (κ1) is 19.0. The number of rotatable bonds is 4. The van der Waals surface area contributed by atoms with Crippen molar-refractivity contribution >= 4 is 23.6 Å². The van der Waals surface area contributed by atoms with E-state index in [4.69, 9.17) is 16.7 Å². The Hall–Kier alpha value is -1.79. The first-order valence-electron chi connectivity index (χ1n) is 9.20. The van der Waals surface area contributed by atoms with Crippen LogP contribution in [0.25, 0.3) is 0 Å². The fourth-order valence-electron chi connectivity index (χ4n) is 4.07. The summed E-state index contributed by atoms with van der Waals surface area (Å²) in [7, 11) is 1.84. The Morgan fingerprint density at radius 1 is 1.31 bits per heavy atom. The van der Waals surface area contributed by atoms with Crippen molar-refractivity contribution in [2.24, 2.45) is 0 Å². The van der Waals surface area contributed by atoms with Crippen molar-refractivity contribution in [2.75, 3.05) is 26.7 Å². The Balaban J connectivity index is 1.57. The molecule has 1 aromatic rings. The molecule has 7 heteroatoms. The van der Waals surface area contributed by atoms with Crippen LogP contribution in [0.4, 0.5) is 4.79 Å². The highest BCUT2D eigenvalue weighted by atomic mass is 35.5. The molecule has 0 spiro atoms. The number of fused-ring (bicyclic) bond motifs is 1. The normalized spacial score (nSPS) is 22.8. The zero-order chi connectivity index (χ0) is 18.7. The zero-order valence-corrected chi connectivity index (χ0v) is 15.8. The molecule has 0 radical (unpaired) electrons. The minimum absolute atomic E-state index is 0.0185. The van der Waals surface area contributed by atoms with Gasteiger partial charge in [-0.3, -0.25) is 9.69 Å². The SMILES string of the molecule is CN(CC(=O)O)C1CCCN(C(=O)NC2CCc3c(Cl)cccc32)CC1. The molecule has 1 aliphatic heterocycles. The van der Waals surface area contributed by atoms with E-state index in [2.05, 4.69) is 5.32 Å². The molecular formula is C19H26ClN3O3. The van der Waals surface area contributed by atoms with Crippen LogP contribution in [-0.4, -0.2) is 59.6 Å². The Bertz CT molecular complexity index is 682. The third-order valence-corrected chi connectivity index (χ3v) is 5.86. The second-order valence-electron chi connectivity index (χ2n) is 7.23. The Morgan fingerprint density at radius 3 is 2.88 bits per heavy atom. The highest BCUT2D eigenvalue weighted by molar-refractivity contribution is 6.31. The Kier molecular flexibility index (Phi) is 6.04. The number of carbonyl (C=O) groups is 2. The fraction of sp³-hybridized carbons (Fsp3) is 0.579. The van der Waals surface area contributed by atoms with Crippen LogP contribution < -0.4 is 5.32 Å². The van der Waals surface area contributed by atoms with Gasteiger partial charge in [-0.15, -0.1) is 0 Å². The molecular weight excluding hydrogens is 354 g/mol. The zero-order valence-electron chi connectivity index (χ0n) is 15.1. The van der Waals surface area contributed by atoms with Gasteiger partial charge < -0.3 is 15.3 Å². The average molecular weight is 380 g/mol. The summed E-state index contributed by atoms with van der Waals surface area (Å²) in [4.78, 5) is 27.4. The number of hydrogen-bond donors (Lipinski definition) is 2. The Labute approximate surface area is 159 Å². The molecule has 0 saturated carbocycles. The number of urea groups is 1. The molecule has 2 unspecified atom stereocenters. The molecule has 0 aromatic heterocycles. The van der Waals surface area contributed by atoms with Crippen molar-refractivity contribution < 1.29 is 14.7 Å². The van der Waals surface area contributed by atoms with Gasteiger partial charge in [-0.1, -0.05) is 23.7 Å². The highest BCUT2D eigenvalue weighted by Crippen LogP contribution is 2.35. The number of likely N-dealkylation sites (tertiary alicyclic amines) is 1. The summed E-state index contributed by atoms with van der Waals surface area (Å²) in [6.45, 7) is 1.39. The highest BCUT2D eigenvalue weighted by Gasteiger charge is 2.29. The lowest BCUT2D eigenvalue weighted by Crippen LogP contribution is -2.42. The number of hydrogen-bond acceptors (Lipinski definition) is 3. The van der Waals surface area contributed by atoms with Gasteiger partial charge in [0.15, 0.2) is 0 Å². The number of aliphatic carboxylic acids is 1. The molecule has 2 aliphatic rings. The molecule has 142 valence electrons. The summed E-state index contributed by atoms with van der Waals surface area (Å²) < 4.78 is 0. The molecule has 2 atom stereocenters. The standard InChI is InChI=1S/C19H26ClN3O3/c1-22(12-18(24)25)13-4-3-10-23(11-9-13)19(26)21-17-8-7-14-15(17)5-2-6-16(14)20/h2,5-6,13,17H,3-4,7-12H2,1H3,(H,21,26)(H,24,25). The van der Waals surface area contributed by atoms with Gasteiger partial charge >= 0.3 is 12.0 Å². The summed E-state index contributed by atoms with van der Waals surface area (Å²) in [6.07, 6.45) is 4.36. The second kappa shape index (κ2) is 8.27. The van der Waals surface area contributed by atoms with Gasteiger partial charge in [-0.25, -0.2) is 4.79 Å². The maximum absolute atomic E-state index is 12.7. The maximum atomic E-state index is 12.7. The van der Waals surface area contributed by atoms with Crippen molar-refractivity contribution in [1.82, 2.24) is 15.1 Å². The summed E-state index contributed by atoms with van der Waals surface area (Å²) in [6, 6.07) is 6.05. The number of benzene rings is 1. The van der Waals surface area contributed by atoms with Crippen LogP contribution in [0.5, 0.6) is 0 Å². The first-order valence-corrected chi connectivity index (χ1v) is 9.58. The Morgan fingerprint density at radius 2 is 2.12 bits per heavy atom. The third-order valence-electron chi connectivity index (χ3n) is 5.50. The third kappa shape index (κ3) is 4.30. The van der Waals surface area contributed by atoms with E-state index in [1.165, 1.54) is 0 Å². The van der Waals surface area contributed by atoms with Crippen LogP contribution in [0.3, 0.4) is 0 Å². The van der Waals surface area contributed by atoms with E-state index in [9.17, 15) is 9.59 Å². The van der Waals surface area contributed by atoms with Crippen molar-refractivity contribution in [1.29, 1.82) is 0 Å². The monoisotopic (exact) mass is 379 g/mol. The summed E-state index contributed by atoms with van der Waals surface area (Å²) >= 11 is 6.25. The number of likely N-dealkylation sites (N-methyl/N-ethyl adjacent to an activating group) is 1.